The molecule has 0 aromatic heterocycles. The van der Waals surface area contributed by atoms with E-state index in [1.165, 1.54) is 12.5 Å². The zero-order chi connectivity index (χ0) is 20.4. The van der Waals surface area contributed by atoms with E-state index in [2.05, 4.69) is 0 Å². The van der Waals surface area contributed by atoms with Crippen molar-refractivity contribution in [2.45, 2.75) is 46.6 Å². The predicted molar refractivity (Wildman–Crippen MR) is 107 cm³/mol. The molecule has 0 heterocycles. The second kappa shape index (κ2) is 11.0. The standard InChI is InChI=1S/C22H28O5/c1-15(2)6-11-20(27-17(4)23)16(3)7-10-19-14-18(9-13-22(24)25)8-12-21(19)26-5/h6-9,12-14,20H,10-11H2,1-5H3,(H,24,25). The number of hydrogen-bond acceptors (Lipinski definition) is 4. The van der Waals surface area contributed by atoms with Crippen LogP contribution in [-0.2, 0) is 20.7 Å². The molecule has 1 rings (SSSR count). The minimum atomic E-state index is -0.994. The molecular formula is C22H28O5. The third kappa shape index (κ3) is 8.40. The molecule has 0 aliphatic heterocycles. The van der Waals surface area contributed by atoms with Gasteiger partial charge in [0.15, 0.2) is 0 Å². The third-order valence-corrected chi connectivity index (χ3v) is 3.92. The third-order valence-electron chi connectivity index (χ3n) is 3.92. The number of benzene rings is 1. The van der Waals surface area contributed by atoms with Gasteiger partial charge >= 0.3 is 11.9 Å². The molecule has 0 aliphatic carbocycles. The minimum absolute atomic E-state index is 0.307. The Labute approximate surface area is 161 Å². The summed E-state index contributed by atoms with van der Waals surface area (Å²) >= 11 is 0. The quantitative estimate of drug-likeness (QED) is 0.390. The number of rotatable bonds is 9. The van der Waals surface area contributed by atoms with Gasteiger partial charge < -0.3 is 14.6 Å². The highest BCUT2D eigenvalue weighted by Crippen LogP contribution is 2.23. The zero-order valence-electron chi connectivity index (χ0n) is 16.6. The van der Waals surface area contributed by atoms with Crippen LogP contribution in [0.1, 0.15) is 45.2 Å². The highest BCUT2D eigenvalue weighted by atomic mass is 16.5. The van der Waals surface area contributed by atoms with Crippen molar-refractivity contribution < 1.29 is 24.2 Å². The number of carbonyl (C=O) groups is 2. The van der Waals surface area contributed by atoms with Crippen molar-refractivity contribution in [1.82, 2.24) is 0 Å². The first-order valence-electron chi connectivity index (χ1n) is 8.78. The van der Waals surface area contributed by atoms with Crippen LogP contribution < -0.4 is 4.74 Å². The normalized spacial score (nSPS) is 12.6. The van der Waals surface area contributed by atoms with E-state index in [1.54, 1.807) is 19.3 Å². The van der Waals surface area contributed by atoms with E-state index in [0.717, 1.165) is 28.5 Å². The van der Waals surface area contributed by atoms with Crippen molar-refractivity contribution in [2.24, 2.45) is 0 Å². The molecule has 0 radical (unpaired) electrons. The van der Waals surface area contributed by atoms with E-state index in [9.17, 15) is 9.59 Å². The molecule has 0 aliphatic rings. The lowest BCUT2D eigenvalue weighted by atomic mass is 10.0. The first-order chi connectivity index (χ1) is 12.7. The van der Waals surface area contributed by atoms with Gasteiger partial charge in [0.05, 0.1) is 7.11 Å². The van der Waals surface area contributed by atoms with Gasteiger partial charge in [-0.3, -0.25) is 4.79 Å². The zero-order valence-corrected chi connectivity index (χ0v) is 16.6. The van der Waals surface area contributed by atoms with Crippen molar-refractivity contribution >= 4 is 18.0 Å². The van der Waals surface area contributed by atoms with Gasteiger partial charge in [-0.1, -0.05) is 23.8 Å². The summed E-state index contributed by atoms with van der Waals surface area (Å²) in [6, 6.07) is 5.50. The van der Waals surface area contributed by atoms with E-state index >= 15 is 0 Å². The summed E-state index contributed by atoms with van der Waals surface area (Å²) in [7, 11) is 1.60. The van der Waals surface area contributed by atoms with Crippen LogP contribution >= 0.6 is 0 Å². The Morgan fingerprint density at radius 2 is 1.85 bits per heavy atom. The lowest BCUT2D eigenvalue weighted by molar-refractivity contribution is -0.144. The average Bonchev–Trinajstić information content (AvgIpc) is 2.60. The highest BCUT2D eigenvalue weighted by molar-refractivity contribution is 5.85. The molecule has 5 heteroatoms. The van der Waals surface area contributed by atoms with Crippen LogP contribution in [0.4, 0.5) is 0 Å². The van der Waals surface area contributed by atoms with Gasteiger partial charge in [-0.25, -0.2) is 4.79 Å². The molecule has 0 saturated heterocycles. The average molecular weight is 372 g/mol. The summed E-state index contributed by atoms with van der Waals surface area (Å²) in [5, 5.41) is 8.78. The van der Waals surface area contributed by atoms with E-state index in [0.29, 0.717) is 12.8 Å². The predicted octanol–water partition coefficient (Wildman–Crippen LogP) is 4.57. The van der Waals surface area contributed by atoms with Crippen molar-refractivity contribution in [1.29, 1.82) is 0 Å². The first-order valence-corrected chi connectivity index (χ1v) is 8.78. The van der Waals surface area contributed by atoms with Gasteiger partial charge in [0, 0.05) is 19.4 Å². The topological polar surface area (TPSA) is 72.8 Å². The summed E-state index contributed by atoms with van der Waals surface area (Å²) in [4.78, 5) is 22.1. The maximum Gasteiger partial charge on any atom is 0.328 e. The molecule has 0 spiro atoms. The molecule has 0 bridgehead atoms. The van der Waals surface area contributed by atoms with Gasteiger partial charge in [-0.15, -0.1) is 0 Å². The first kappa shape index (κ1) is 22.2. The number of esters is 1. The molecule has 1 unspecified atom stereocenters. The number of ether oxygens (including phenoxy) is 2. The van der Waals surface area contributed by atoms with Crippen LogP contribution in [0.3, 0.4) is 0 Å². The summed E-state index contributed by atoms with van der Waals surface area (Å²) in [5.41, 5.74) is 3.82. The Balaban J connectivity index is 3.05. The molecule has 0 fully saturated rings. The van der Waals surface area contributed by atoms with E-state index in [4.69, 9.17) is 14.6 Å². The van der Waals surface area contributed by atoms with Crippen molar-refractivity contribution in [2.75, 3.05) is 7.11 Å². The van der Waals surface area contributed by atoms with Crippen LogP contribution in [-0.4, -0.2) is 30.3 Å². The summed E-state index contributed by atoms with van der Waals surface area (Å²) in [6.07, 6.45) is 7.59. The molecule has 1 atom stereocenters. The van der Waals surface area contributed by atoms with Crippen LogP contribution in [0.2, 0.25) is 0 Å². The highest BCUT2D eigenvalue weighted by Gasteiger charge is 2.13. The number of methoxy groups -OCH3 is 1. The molecule has 5 nitrogen and oxygen atoms in total. The molecule has 0 amide bonds. The van der Waals surface area contributed by atoms with Crippen LogP contribution in [0.5, 0.6) is 5.75 Å². The number of aliphatic carboxylic acids is 1. The number of allylic oxidation sites excluding steroid dienone is 2. The van der Waals surface area contributed by atoms with Crippen LogP contribution in [0.15, 0.2) is 47.6 Å². The second-order valence-electron chi connectivity index (χ2n) is 6.51. The molecule has 27 heavy (non-hydrogen) atoms. The molecular weight excluding hydrogens is 344 g/mol. The molecule has 1 aromatic rings. The number of carboxylic acids is 1. The number of carbonyl (C=O) groups excluding carboxylic acids is 1. The van der Waals surface area contributed by atoms with Gasteiger partial charge in [0.25, 0.3) is 0 Å². The maximum absolute atomic E-state index is 11.4. The Bertz CT molecular complexity index is 752. The minimum Gasteiger partial charge on any atom is -0.496 e. The monoisotopic (exact) mass is 372 g/mol. The Morgan fingerprint density at radius 1 is 1.15 bits per heavy atom. The maximum atomic E-state index is 11.4. The summed E-state index contributed by atoms with van der Waals surface area (Å²) in [5.74, 6) is -0.584. The van der Waals surface area contributed by atoms with Crippen molar-refractivity contribution in [3.8, 4) is 5.75 Å². The van der Waals surface area contributed by atoms with Gasteiger partial charge in [-0.2, -0.15) is 0 Å². The van der Waals surface area contributed by atoms with Crippen LogP contribution in [0, 0.1) is 0 Å². The van der Waals surface area contributed by atoms with Gasteiger partial charge in [0.1, 0.15) is 11.9 Å². The lowest BCUT2D eigenvalue weighted by Crippen LogP contribution is -2.17. The number of hydrogen-bond donors (Lipinski definition) is 1. The fourth-order valence-electron chi connectivity index (χ4n) is 2.50. The van der Waals surface area contributed by atoms with Gasteiger partial charge in [-0.05, 0) is 62.1 Å². The summed E-state index contributed by atoms with van der Waals surface area (Å²) < 4.78 is 10.8. The lowest BCUT2D eigenvalue weighted by Gasteiger charge is -2.17. The van der Waals surface area contributed by atoms with E-state index in [-0.39, 0.29) is 12.1 Å². The molecule has 1 aromatic carbocycles. The second-order valence-corrected chi connectivity index (χ2v) is 6.51. The smallest absolute Gasteiger partial charge is 0.328 e. The Hall–Kier alpha value is -2.82. The fourth-order valence-corrected chi connectivity index (χ4v) is 2.50. The van der Waals surface area contributed by atoms with Crippen LogP contribution in [0.25, 0.3) is 6.08 Å². The molecule has 1 N–H and O–H groups in total. The SMILES string of the molecule is COc1ccc(C=CC(=O)O)cc1CC=C(C)C(CC=C(C)C)OC(C)=O. The Kier molecular flexibility index (Phi) is 9.06. The molecule has 0 saturated carbocycles. The van der Waals surface area contributed by atoms with Crippen molar-refractivity contribution in [3.63, 3.8) is 0 Å². The fraction of sp³-hybridized carbons (Fsp3) is 0.364. The number of carboxylic acid groups (broad SMARTS) is 1. The summed E-state index contributed by atoms with van der Waals surface area (Å²) in [6.45, 7) is 7.35. The van der Waals surface area contributed by atoms with Gasteiger partial charge in [0.2, 0.25) is 0 Å². The Morgan fingerprint density at radius 3 is 2.41 bits per heavy atom. The van der Waals surface area contributed by atoms with E-state index < -0.39 is 5.97 Å². The molecule has 146 valence electrons. The van der Waals surface area contributed by atoms with E-state index in [1.807, 2.05) is 45.1 Å². The largest absolute Gasteiger partial charge is 0.496 e. The van der Waals surface area contributed by atoms with Crippen molar-refractivity contribution in [3.05, 3.63) is 58.7 Å².